The van der Waals surface area contributed by atoms with Gasteiger partial charge in [-0.25, -0.2) is 12.7 Å². The summed E-state index contributed by atoms with van der Waals surface area (Å²) in [4.78, 5) is 12.6. The summed E-state index contributed by atoms with van der Waals surface area (Å²) >= 11 is 12.0. The third kappa shape index (κ3) is 6.61. The molecule has 1 heterocycles. The molecular weight excluding hydrogens is 471 g/mol. The molecule has 2 aromatic carbocycles. The van der Waals surface area contributed by atoms with Crippen molar-refractivity contribution in [2.75, 3.05) is 26.2 Å². The standard InChI is InChI=1S/C23H28Cl2N2O4S/c1-16-5-8-22(17(2)12-16)31-11-9-26-23(28)18-4-3-10-27(14-18)32(29,30)15-19-6-7-20(24)13-21(19)25/h5-8,12-13,18H,3-4,9-11,14-15H2,1-2H3,(H,26,28). The van der Waals surface area contributed by atoms with Gasteiger partial charge in [-0.3, -0.25) is 4.79 Å². The van der Waals surface area contributed by atoms with Gasteiger partial charge in [-0.15, -0.1) is 0 Å². The number of nitrogens with one attached hydrogen (secondary N) is 1. The first-order chi connectivity index (χ1) is 15.2. The Morgan fingerprint density at radius 3 is 2.69 bits per heavy atom. The Bertz CT molecular complexity index is 1080. The lowest BCUT2D eigenvalue weighted by Gasteiger charge is -2.31. The van der Waals surface area contributed by atoms with Gasteiger partial charge in [0, 0.05) is 23.1 Å². The van der Waals surface area contributed by atoms with Crippen LogP contribution in [0, 0.1) is 19.8 Å². The highest BCUT2D eigenvalue weighted by molar-refractivity contribution is 7.88. The maximum absolute atomic E-state index is 12.9. The van der Waals surface area contributed by atoms with E-state index in [0.29, 0.717) is 48.1 Å². The molecule has 0 aromatic heterocycles. The fraction of sp³-hybridized carbons (Fsp3) is 0.435. The lowest BCUT2D eigenvalue weighted by Crippen LogP contribution is -2.46. The van der Waals surface area contributed by atoms with Gasteiger partial charge in [0.1, 0.15) is 12.4 Å². The van der Waals surface area contributed by atoms with E-state index >= 15 is 0 Å². The molecule has 3 rings (SSSR count). The number of rotatable bonds is 8. The van der Waals surface area contributed by atoms with Crippen molar-refractivity contribution in [1.29, 1.82) is 0 Å². The van der Waals surface area contributed by atoms with Crippen LogP contribution in [0.15, 0.2) is 36.4 Å². The van der Waals surface area contributed by atoms with Crippen LogP contribution in [0.25, 0.3) is 0 Å². The van der Waals surface area contributed by atoms with Crippen LogP contribution in [-0.4, -0.2) is 44.9 Å². The number of nitrogens with zero attached hydrogens (tertiary/aromatic N) is 1. The average molecular weight is 499 g/mol. The molecule has 9 heteroatoms. The van der Waals surface area contributed by atoms with Gasteiger partial charge in [-0.05, 0) is 56.0 Å². The van der Waals surface area contributed by atoms with Crippen LogP contribution in [0.1, 0.15) is 29.5 Å². The molecule has 1 saturated heterocycles. The molecule has 0 bridgehead atoms. The van der Waals surface area contributed by atoms with Gasteiger partial charge in [0.15, 0.2) is 0 Å². The van der Waals surface area contributed by atoms with E-state index in [4.69, 9.17) is 27.9 Å². The number of hydrogen-bond acceptors (Lipinski definition) is 4. The largest absolute Gasteiger partial charge is 0.491 e. The highest BCUT2D eigenvalue weighted by Gasteiger charge is 2.32. The number of sulfonamides is 1. The number of benzene rings is 2. The first-order valence-corrected chi connectivity index (χ1v) is 12.9. The smallest absolute Gasteiger partial charge is 0.224 e. The zero-order valence-corrected chi connectivity index (χ0v) is 20.6. The normalized spacial score (nSPS) is 17.2. The van der Waals surface area contributed by atoms with E-state index in [0.717, 1.165) is 11.3 Å². The van der Waals surface area contributed by atoms with E-state index in [1.165, 1.54) is 15.9 Å². The van der Waals surface area contributed by atoms with E-state index in [1.807, 2.05) is 32.0 Å². The van der Waals surface area contributed by atoms with Crippen LogP contribution < -0.4 is 10.1 Å². The van der Waals surface area contributed by atoms with Crippen LogP contribution in [0.5, 0.6) is 5.75 Å². The summed E-state index contributed by atoms with van der Waals surface area (Å²) in [6, 6.07) is 10.7. The zero-order chi connectivity index (χ0) is 23.3. The average Bonchev–Trinajstić information content (AvgIpc) is 2.74. The van der Waals surface area contributed by atoms with E-state index in [2.05, 4.69) is 5.32 Å². The van der Waals surface area contributed by atoms with E-state index in [9.17, 15) is 13.2 Å². The molecular formula is C23H28Cl2N2O4S. The summed E-state index contributed by atoms with van der Waals surface area (Å²) in [6.45, 7) is 5.27. The van der Waals surface area contributed by atoms with Gasteiger partial charge in [0.05, 0.1) is 18.2 Å². The first-order valence-electron chi connectivity index (χ1n) is 10.6. The van der Waals surface area contributed by atoms with Crippen molar-refractivity contribution in [3.63, 3.8) is 0 Å². The fourth-order valence-electron chi connectivity index (χ4n) is 3.78. The predicted octanol–water partition coefficient (Wildman–Crippen LogP) is 4.35. The molecule has 0 aliphatic carbocycles. The van der Waals surface area contributed by atoms with Crippen molar-refractivity contribution >= 4 is 39.1 Å². The maximum Gasteiger partial charge on any atom is 0.224 e. The Morgan fingerprint density at radius 2 is 1.97 bits per heavy atom. The van der Waals surface area contributed by atoms with Crippen molar-refractivity contribution in [3.05, 3.63) is 63.1 Å². The van der Waals surface area contributed by atoms with Crippen molar-refractivity contribution < 1.29 is 17.9 Å². The zero-order valence-electron chi connectivity index (χ0n) is 18.2. The minimum Gasteiger partial charge on any atom is -0.491 e. The summed E-state index contributed by atoms with van der Waals surface area (Å²) in [5.41, 5.74) is 2.70. The minimum atomic E-state index is -3.61. The quantitative estimate of drug-likeness (QED) is 0.549. The monoisotopic (exact) mass is 498 g/mol. The van der Waals surface area contributed by atoms with Gasteiger partial charge < -0.3 is 10.1 Å². The number of carbonyl (C=O) groups excluding carboxylic acids is 1. The molecule has 1 atom stereocenters. The fourth-order valence-corrected chi connectivity index (χ4v) is 5.97. The summed E-state index contributed by atoms with van der Waals surface area (Å²) in [5, 5.41) is 3.64. The Kier molecular flexibility index (Phi) is 8.44. The Morgan fingerprint density at radius 1 is 1.19 bits per heavy atom. The molecule has 1 fully saturated rings. The molecule has 0 saturated carbocycles. The highest BCUT2D eigenvalue weighted by Crippen LogP contribution is 2.26. The molecule has 1 N–H and O–H groups in total. The number of halogens is 2. The topological polar surface area (TPSA) is 75.7 Å². The summed E-state index contributed by atoms with van der Waals surface area (Å²) in [6.07, 6.45) is 1.28. The molecule has 0 radical (unpaired) electrons. The second-order valence-electron chi connectivity index (χ2n) is 8.10. The second-order valence-corrected chi connectivity index (χ2v) is 10.9. The highest BCUT2D eigenvalue weighted by atomic mass is 35.5. The lowest BCUT2D eigenvalue weighted by molar-refractivity contribution is -0.126. The number of ether oxygens (including phenoxy) is 1. The van der Waals surface area contributed by atoms with Crippen LogP contribution in [-0.2, 0) is 20.6 Å². The van der Waals surface area contributed by atoms with Crippen LogP contribution in [0.2, 0.25) is 10.0 Å². The SMILES string of the molecule is Cc1ccc(OCCNC(=O)C2CCCN(S(=O)(=O)Cc3ccc(Cl)cc3Cl)C2)c(C)c1. The van der Waals surface area contributed by atoms with Gasteiger partial charge in [0.2, 0.25) is 15.9 Å². The first kappa shape index (κ1) is 24.8. The van der Waals surface area contributed by atoms with E-state index in [1.54, 1.807) is 12.1 Å². The number of piperidine rings is 1. The maximum atomic E-state index is 12.9. The number of hydrogen-bond donors (Lipinski definition) is 1. The Labute approximate surface area is 199 Å². The van der Waals surface area contributed by atoms with Crippen molar-refractivity contribution in [2.24, 2.45) is 5.92 Å². The van der Waals surface area contributed by atoms with E-state index < -0.39 is 10.0 Å². The summed E-state index contributed by atoms with van der Waals surface area (Å²) in [5.74, 6) is 0.0285. The summed E-state index contributed by atoms with van der Waals surface area (Å²) < 4.78 is 33.0. The Balaban J connectivity index is 1.51. The molecule has 1 aliphatic rings. The van der Waals surface area contributed by atoms with Gasteiger partial charge in [0.25, 0.3) is 0 Å². The van der Waals surface area contributed by atoms with Crippen LogP contribution in [0.4, 0.5) is 0 Å². The molecule has 1 aliphatic heterocycles. The van der Waals surface area contributed by atoms with Gasteiger partial charge in [-0.1, -0.05) is 47.0 Å². The Hall–Kier alpha value is -1.80. The second kappa shape index (κ2) is 10.9. The number of amides is 1. The number of carbonyl (C=O) groups is 1. The third-order valence-electron chi connectivity index (χ3n) is 5.49. The van der Waals surface area contributed by atoms with Crippen LogP contribution >= 0.6 is 23.2 Å². The molecule has 6 nitrogen and oxygen atoms in total. The predicted molar refractivity (Wildman–Crippen MR) is 128 cm³/mol. The van der Waals surface area contributed by atoms with Crippen molar-refractivity contribution in [1.82, 2.24) is 9.62 Å². The molecule has 1 unspecified atom stereocenters. The van der Waals surface area contributed by atoms with Crippen LogP contribution in [0.3, 0.4) is 0 Å². The lowest BCUT2D eigenvalue weighted by atomic mass is 9.99. The summed E-state index contributed by atoms with van der Waals surface area (Å²) in [7, 11) is -3.61. The third-order valence-corrected chi connectivity index (χ3v) is 7.87. The molecule has 2 aromatic rings. The van der Waals surface area contributed by atoms with Crippen molar-refractivity contribution in [2.45, 2.75) is 32.4 Å². The van der Waals surface area contributed by atoms with Gasteiger partial charge in [-0.2, -0.15) is 0 Å². The number of aryl methyl sites for hydroxylation is 2. The van der Waals surface area contributed by atoms with E-state index in [-0.39, 0.29) is 24.1 Å². The minimum absolute atomic E-state index is 0.154. The molecule has 32 heavy (non-hydrogen) atoms. The van der Waals surface area contributed by atoms with Crippen molar-refractivity contribution in [3.8, 4) is 5.75 Å². The molecule has 1 amide bonds. The molecule has 174 valence electrons. The van der Waals surface area contributed by atoms with Gasteiger partial charge >= 0.3 is 0 Å². The molecule has 0 spiro atoms.